The second kappa shape index (κ2) is 3.48. The van der Waals surface area contributed by atoms with Crippen molar-refractivity contribution in [2.24, 2.45) is 5.92 Å². The number of rotatable bonds is 2. The Morgan fingerprint density at radius 1 is 1.57 bits per heavy atom. The summed E-state index contributed by atoms with van der Waals surface area (Å²) in [6.45, 7) is -0.106. The summed E-state index contributed by atoms with van der Waals surface area (Å²) in [5.41, 5.74) is 0. The first kappa shape index (κ1) is 9.30. The number of hydrogen-bond donors (Lipinski definition) is 1. The Hall–Kier alpha value is -1.26. The largest absolute Gasteiger partial charge is 0.465 e. The van der Waals surface area contributed by atoms with Gasteiger partial charge in [0.15, 0.2) is 6.73 Å². The average molecular weight is 199 g/mol. The molecule has 2 aliphatic rings. The number of cyclic esters (lactones) is 1. The van der Waals surface area contributed by atoms with Crippen LogP contribution in [-0.4, -0.2) is 34.8 Å². The number of esters is 1. The highest BCUT2D eigenvalue weighted by Gasteiger charge is 2.39. The van der Waals surface area contributed by atoms with Crippen LogP contribution in [0.5, 0.6) is 0 Å². The Morgan fingerprint density at radius 2 is 2.29 bits per heavy atom. The van der Waals surface area contributed by atoms with Crippen molar-refractivity contribution in [3.63, 3.8) is 0 Å². The van der Waals surface area contributed by atoms with Gasteiger partial charge >= 0.3 is 12.1 Å². The number of hydrogen-bond acceptors (Lipinski definition) is 3. The fraction of sp³-hybridized carbons (Fsp3) is 0.778. The molecule has 1 saturated carbocycles. The second-order valence-electron chi connectivity index (χ2n) is 3.89. The van der Waals surface area contributed by atoms with Gasteiger partial charge < -0.3 is 9.84 Å². The average Bonchev–Trinajstić information content (AvgIpc) is 2.40. The number of amides is 1. The van der Waals surface area contributed by atoms with Gasteiger partial charge in [0, 0.05) is 0 Å². The first-order valence-corrected chi connectivity index (χ1v) is 4.84. The standard InChI is InChI=1S/C9H13NO4/c11-8-7(4-6-2-1-3-6)10(5-14-8)9(12)13/h6-7H,1-5H2,(H,12,13). The van der Waals surface area contributed by atoms with Crippen molar-refractivity contribution in [1.82, 2.24) is 4.90 Å². The number of carbonyl (C=O) groups excluding carboxylic acids is 1. The van der Waals surface area contributed by atoms with Gasteiger partial charge in [-0.2, -0.15) is 0 Å². The Kier molecular flexibility index (Phi) is 2.31. The van der Waals surface area contributed by atoms with Crippen molar-refractivity contribution in [2.75, 3.05) is 6.73 Å². The minimum absolute atomic E-state index is 0.106. The van der Waals surface area contributed by atoms with Crippen molar-refractivity contribution in [3.8, 4) is 0 Å². The summed E-state index contributed by atoms with van der Waals surface area (Å²) in [6.07, 6.45) is 2.97. The molecule has 78 valence electrons. The molecule has 0 spiro atoms. The van der Waals surface area contributed by atoms with Crippen molar-refractivity contribution >= 4 is 12.1 Å². The third-order valence-corrected chi connectivity index (χ3v) is 3.02. The molecule has 1 aliphatic carbocycles. The molecule has 1 saturated heterocycles. The zero-order chi connectivity index (χ0) is 10.1. The quantitative estimate of drug-likeness (QED) is 0.675. The Bertz CT molecular complexity index is 262. The summed E-state index contributed by atoms with van der Waals surface area (Å²) in [5, 5.41) is 8.80. The van der Waals surface area contributed by atoms with E-state index in [1.165, 1.54) is 6.42 Å². The highest BCUT2D eigenvalue weighted by atomic mass is 16.6. The number of carboxylic acid groups (broad SMARTS) is 1. The molecule has 14 heavy (non-hydrogen) atoms. The molecule has 1 unspecified atom stereocenters. The second-order valence-corrected chi connectivity index (χ2v) is 3.89. The lowest BCUT2D eigenvalue weighted by Gasteiger charge is -2.28. The van der Waals surface area contributed by atoms with E-state index in [9.17, 15) is 9.59 Å². The molecular formula is C9H13NO4. The SMILES string of the molecule is O=C1OCN(C(=O)O)C1CC1CCC1. The molecule has 0 aromatic heterocycles. The Balaban J connectivity index is 1.97. The van der Waals surface area contributed by atoms with Gasteiger partial charge in [-0.15, -0.1) is 0 Å². The molecule has 2 rings (SSSR count). The van der Waals surface area contributed by atoms with Gasteiger partial charge in [-0.05, 0) is 12.3 Å². The van der Waals surface area contributed by atoms with Crippen LogP contribution in [0.15, 0.2) is 0 Å². The van der Waals surface area contributed by atoms with Crippen LogP contribution in [0.3, 0.4) is 0 Å². The fourth-order valence-corrected chi connectivity index (χ4v) is 1.90. The first-order chi connectivity index (χ1) is 6.68. The van der Waals surface area contributed by atoms with E-state index >= 15 is 0 Å². The summed E-state index contributed by atoms with van der Waals surface area (Å²) in [5.74, 6) is 0.117. The van der Waals surface area contributed by atoms with Gasteiger partial charge in [0.1, 0.15) is 6.04 Å². The fourth-order valence-electron chi connectivity index (χ4n) is 1.90. The van der Waals surface area contributed by atoms with Crippen LogP contribution in [0.25, 0.3) is 0 Å². The molecule has 1 aliphatic heterocycles. The lowest BCUT2D eigenvalue weighted by atomic mass is 9.81. The third-order valence-electron chi connectivity index (χ3n) is 3.02. The van der Waals surface area contributed by atoms with Crippen LogP contribution in [0.2, 0.25) is 0 Å². The molecule has 1 atom stereocenters. The van der Waals surface area contributed by atoms with Crippen molar-refractivity contribution in [3.05, 3.63) is 0 Å². The third kappa shape index (κ3) is 1.54. The van der Waals surface area contributed by atoms with Gasteiger partial charge in [0.2, 0.25) is 0 Å². The molecule has 1 amide bonds. The first-order valence-electron chi connectivity index (χ1n) is 4.84. The molecule has 0 aromatic rings. The Labute approximate surface area is 81.6 Å². The molecule has 5 heteroatoms. The van der Waals surface area contributed by atoms with Gasteiger partial charge in [-0.1, -0.05) is 19.3 Å². The van der Waals surface area contributed by atoms with Crippen LogP contribution in [0.4, 0.5) is 4.79 Å². The zero-order valence-electron chi connectivity index (χ0n) is 7.81. The minimum Gasteiger partial charge on any atom is -0.465 e. The summed E-state index contributed by atoms with van der Waals surface area (Å²) in [7, 11) is 0. The van der Waals surface area contributed by atoms with E-state index in [0.29, 0.717) is 12.3 Å². The normalized spacial score (nSPS) is 27.3. The van der Waals surface area contributed by atoms with E-state index in [1.54, 1.807) is 0 Å². The molecule has 1 N–H and O–H groups in total. The topological polar surface area (TPSA) is 66.8 Å². The molecule has 2 fully saturated rings. The van der Waals surface area contributed by atoms with E-state index < -0.39 is 12.1 Å². The molecular weight excluding hydrogens is 186 g/mol. The highest BCUT2D eigenvalue weighted by molar-refractivity contribution is 5.83. The molecule has 0 radical (unpaired) electrons. The molecule has 5 nitrogen and oxygen atoms in total. The van der Waals surface area contributed by atoms with Crippen LogP contribution in [0, 0.1) is 5.92 Å². The van der Waals surface area contributed by atoms with Gasteiger partial charge in [-0.3, -0.25) is 4.90 Å². The van der Waals surface area contributed by atoms with Crippen molar-refractivity contribution < 1.29 is 19.4 Å². The maximum absolute atomic E-state index is 11.2. The predicted octanol–water partition coefficient (Wildman–Crippen LogP) is 1.04. The van der Waals surface area contributed by atoms with E-state index in [0.717, 1.165) is 17.7 Å². The summed E-state index contributed by atoms with van der Waals surface area (Å²) >= 11 is 0. The van der Waals surface area contributed by atoms with Gasteiger partial charge in [0.05, 0.1) is 0 Å². The summed E-state index contributed by atoms with van der Waals surface area (Å²) in [6, 6.07) is -0.558. The van der Waals surface area contributed by atoms with E-state index in [1.807, 2.05) is 0 Å². The van der Waals surface area contributed by atoms with E-state index in [2.05, 4.69) is 0 Å². The van der Waals surface area contributed by atoms with Crippen LogP contribution >= 0.6 is 0 Å². The summed E-state index contributed by atoms with van der Waals surface area (Å²) in [4.78, 5) is 23.1. The Morgan fingerprint density at radius 3 is 2.79 bits per heavy atom. The monoisotopic (exact) mass is 199 g/mol. The van der Waals surface area contributed by atoms with Crippen LogP contribution in [-0.2, 0) is 9.53 Å². The molecule has 0 bridgehead atoms. The van der Waals surface area contributed by atoms with Crippen molar-refractivity contribution in [2.45, 2.75) is 31.7 Å². The highest BCUT2D eigenvalue weighted by Crippen LogP contribution is 2.33. The maximum atomic E-state index is 11.2. The van der Waals surface area contributed by atoms with Crippen molar-refractivity contribution in [1.29, 1.82) is 0 Å². The lowest BCUT2D eigenvalue weighted by molar-refractivity contribution is -0.139. The van der Waals surface area contributed by atoms with Gasteiger partial charge in [0.25, 0.3) is 0 Å². The minimum atomic E-state index is -1.07. The summed E-state index contributed by atoms with van der Waals surface area (Å²) < 4.78 is 4.72. The number of carbonyl (C=O) groups is 2. The smallest absolute Gasteiger partial charge is 0.410 e. The van der Waals surface area contributed by atoms with Crippen LogP contribution < -0.4 is 0 Å². The zero-order valence-corrected chi connectivity index (χ0v) is 7.81. The van der Waals surface area contributed by atoms with Crippen LogP contribution in [0.1, 0.15) is 25.7 Å². The number of ether oxygens (including phenoxy) is 1. The van der Waals surface area contributed by atoms with E-state index in [4.69, 9.17) is 9.84 Å². The molecule has 0 aromatic carbocycles. The van der Waals surface area contributed by atoms with Gasteiger partial charge in [-0.25, -0.2) is 9.59 Å². The number of nitrogens with zero attached hydrogens (tertiary/aromatic N) is 1. The predicted molar refractivity (Wildman–Crippen MR) is 46.6 cm³/mol. The molecule has 1 heterocycles. The maximum Gasteiger partial charge on any atom is 0.410 e. The van der Waals surface area contributed by atoms with E-state index in [-0.39, 0.29) is 12.7 Å². The lowest BCUT2D eigenvalue weighted by Crippen LogP contribution is -2.39.